The maximum absolute atomic E-state index is 11.3. The van der Waals surface area contributed by atoms with E-state index >= 15 is 0 Å². The van der Waals surface area contributed by atoms with Gasteiger partial charge in [0.2, 0.25) is 5.91 Å². The Balaban J connectivity index is 2.92. The highest BCUT2D eigenvalue weighted by molar-refractivity contribution is 9.10. The van der Waals surface area contributed by atoms with E-state index in [9.17, 15) is 4.79 Å². The van der Waals surface area contributed by atoms with Gasteiger partial charge in [0.1, 0.15) is 0 Å². The largest absolute Gasteiger partial charge is 0.369 e. The van der Waals surface area contributed by atoms with E-state index < -0.39 is 0 Å². The number of halogens is 1. The summed E-state index contributed by atoms with van der Waals surface area (Å²) in [6, 6.07) is 10.4. The average molecular weight is 312 g/mol. The van der Waals surface area contributed by atoms with Crippen LogP contribution in [0.2, 0.25) is 0 Å². The number of primary amides is 1. The molecule has 0 heterocycles. The zero-order valence-electron chi connectivity index (χ0n) is 11.5. The van der Waals surface area contributed by atoms with Crippen LogP contribution in [0.25, 0.3) is 0 Å². The molecular formula is C15H22BrNO. The second-order valence-electron chi connectivity index (χ2n) is 6.18. The summed E-state index contributed by atoms with van der Waals surface area (Å²) in [5, 5.41) is 0. The van der Waals surface area contributed by atoms with E-state index in [0.717, 1.165) is 6.42 Å². The molecule has 0 aliphatic rings. The fraction of sp³-hybridized carbons (Fsp3) is 0.533. The Kier molecular flexibility index (Phi) is 4.60. The maximum atomic E-state index is 11.3. The highest BCUT2D eigenvalue weighted by Crippen LogP contribution is 2.40. The molecule has 1 atom stereocenters. The highest BCUT2D eigenvalue weighted by atomic mass is 79.9. The fourth-order valence-electron chi connectivity index (χ4n) is 2.61. The van der Waals surface area contributed by atoms with Crippen LogP contribution in [0.5, 0.6) is 0 Å². The average Bonchev–Trinajstić information content (AvgIpc) is 2.27. The smallest absolute Gasteiger partial charge is 0.231 e. The molecule has 18 heavy (non-hydrogen) atoms. The predicted octanol–water partition coefficient (Wildman–Crippen LogP) is 3.63. The van der Waals surface area contributed by atoms with Crippen molar-refractivity contribution in [1.29, 1.82) is 0 Å². The lowest BCUT2D eigenvalue weighted by atomic mass is 9.70. The summed E-state index contributed by atoms with van der Waals surface area (Å²) < 4.78 is 0. The van der Waals surface area contributed by atoms with Crippen molar-refractivity contribution < 1.29 is 4.79 Å². The molecule has 3 heteroatoms. The summed E-state index contributed by atoms with van der Waals surface area (Å²) in [4.78, 5) is 11.0. The molecule has 0 bridgehead atoms. The first kappa shape index (κ1) is 15.2. The number of hydrogen-bond donors (Lipinski definition) is 1. The second kappa shape index (κ2) is 5.43. The molecule has 2 N–H and O–H groups in total. The van der Waals surface area contributed by atoms with Gasteiger partial charge < -0.3 is 5.73 Å². The summed E-state index contributed by atoms with van der Waals surface area (Å²) in [5.74, 6) is -0.302. The molecule has 100 valence electrons. The van der Waals surface area contributed by atoms with E-state index in [2.05, 4.69) is 55.8 Å². The predicted molar refractivity (Wildman–Crippen MR) is 79.8 cm³/mol. The summed E-state index contributed by atoms with van der Waals surface area (Å²) in [6.45, 7) is 8.54. The van der Waals surface area contributed by atoms with Gasteiger partial charge in [-0.15, -0.1) is 0 Å². The molecule has 0 aliphatic carbocycles. The number of amides is 1. The van der Waals surface area contributed by atoms with Crippen LogP contribution in [-0.2, 0) is 10.2 Å². The third kappa shape index (κ3) is 3.58. The van der Waals surface area contributed by atoms with Crippen molar-refractivity contribution in [2.24, 2.45) is 11.1 Å². The zero-order chi connectivity index (χ0) is 14.0. The molecule has 0 aromatic heterocycles. The minimum absolute atomic E-state index is 0.00618. The van der Waals surface area contributed by atoms with Crippen LogP contribution in [0.1, 0.15) is 39.7 Å². The maximum Gasteiger partial charge on any atom is 0.231 e. The van der Waals surface area contributed by atoms with Crippen LogP contribution in [0, 0.1) is 5.41 Å². The van der Waals surface area contributed by atoms with Crippen molar-refractivity contribution in [3.8, 4) is 0 Å². The van der Waals surface area contributed by atoms with Gasteiger partial charge in [-0.1, -0.05) is 74.0 Å². The molecule has 0 radical (unpaired) electrons. The second-order valence-corrected chi connectivity index (χ2v) is 7.10. The van der Waals surface area contributed by atoms with Gasteiger partial charge in [0.25, 0.3) is 0 Å². The monoisotopic (exact) mass is 311 g/mol. The van der Waals surface area contributed by atoms with E-state index in [1.54, 1.807) is 0 Å². The Bertz CT molecular complexity index is 412. The third-order valence-corrected chi connectivity index (χ3v) is 5.08. The molecule has 0 saturated heterocycles. The van der Waals surface area contributed by atoms with E-state index in [4.69, 9.17) is 5.73 Å². The molecule has 0 fully saturated rings. The quantitative estimate of drug-likeness (QED) is 0.829. The Labute approximate surface area is 118 Å². The molecule has 1 unspecified atom stereocenters. The molecule has 1 amide bonds. The minimum atomic E-state index is -0.312. The third-order valence-electron chi connectivity index (χ3n) is 3.39. The molecule has 1 aromatic rings. The van der Waals surface area contributed by atoms with Crippen molar-refractivity contribution in [2.45, 2.75) is 44.4 Å². The number of hydrogen-bond acceptors (Lipinski definition) is 1. The van der Waals surface area contributed by atoms with E-state index in [1.165, 1.54) is 5.56 Å². The van der Waals surface area contributed by atoms with Crippen molar-refractivity contribution in [3.63, 3.8) is 0 Å². The van der Waals surface area contributed by atoms with Crippen LogP contribution < -0.4 is 5.73 Å². The van der Waals surface area contributed by atoms with Crippen LogP contribution in [0.15, 0.2) is 30.3 Å². The lowest BCUT2D eigenvalue weighted by molar-refractivity contribution is -0.119. The standard InChI is InChI=1S/C15H22BrNO/c1-14(2,11-8-6-5-7-9-11)10-15(3,4)12(16)13(17)18/h5-9,12H,10H2,1-4H3,(H2,17,18). The lowest BCUT2D eigenvalue weighted by Crippen LogP contribution is -2.40. The van der Waals surface area contributed by atoms with Gasteiger partial charge in [-0.2, -0.15) is 0 Å². The topological polar surface area (TPSA) is 43.1 Å². The summed E-state index contributed by atoms with van der Waals surface area (Å²) in [6.07, 6.45) is 0.878. The number of alkyl halides is 1. The minimum Gasteiger partial charge on any atom is -0.369 e. The normalized spacial score (nSPS) is 14.3. The first-order chi connectivity index (χ1) is 8.17. The molecule has 0 aliphatic heterocycles. The van der Waals surface area contributed by atoms with Crippen LogP contribution >= 0.6 is 15.9 Å². The molecule has 1 aromatic carbocycles. The Morgan fingerprint density at radius 1 is 1.22 bits per heavy atom. The first-order valence-electron chi connectivity index (χ1n) is 6.16. The van der Waals surface area contributed by atoms with E-state index in [-0.39, 0.29) is 21.6 Å². The lowest BCUT2D eigenvalue weighted by Gasteiger charge is -2.37. The van der Waals surface area contributed by atoms with Crippen molar-refractivity contribution in [3.05, 3.63) is 35.9 Å². The number of carbonyl (C=O) groups is 1. The molecule has 0 spiro atoms. The van der Waals surface area contributed by atoms with Crippen LogP contribution in [0.3, 0.4) is 0 Å². The van der Waals surface area contributed by atoms with Gasteiger partial charge in [-0.05, 0) is 22.8 Å². The first-order valence-corrected chi connectivity index (χ1v) is 7.07. The molecule has 2 nitrogen and oxygen atoms in total. The van der Waals surface area contributed by atoms with Gasteiger partial charge in [0.05, 0.1) is 4.83 Å². The Hall–Kier alpha value is -0.830. The zero-order valence-corrected chi connectivity index (χ0v) is 13.1. The number of nitrogens with two attached hydrogens (primary N) is 1. The molecule has 1 rings (SSSR count). The number of carbonyl (C=O) groups excluding carboxylic acids is 1. The SMILES string of the molecule is CC(C)(CC(C)(C)C(Br)C(N)=O)c1ccccc1. The van der Waals surface area contributed by atoms with Gasteiger partial charge in [-0.3, -0.25) is 4.79 Å². The summed E-state index contributed by atoms with van der Waals surface area (Å²) >= 11 is 3.41. The molecule has 0 saturated carbocycles. The fourth-order valence-corrected chi connectivity index (χ4v) is 2.77. The van der Waals surface area contributed by atoms with E-state index in [0.29, 0.717) is 0 Å². The van der Waals surface area contributed by atoms with Crippen LogP contribution in [-0.4, -0.2) is 10.7 Å². The number of rotatable bonds is 5. The van der Waals surface area contributed by atoms with Gasteiger partial charge >= 0.3 is 0 Å². The van der Waals surface area contributed by atoms with E-state index in [1.807, 2.05) is 18.2 Å². The van der Waals surface area contributed by atoms with Gasteiger partial charge in [0, 0.05) is 0 Å². The van der Waals surface area contributed by atoms with Gasteiger partial charge in [-0.25, -0.2) is 0 Å². The van der Waals surface area contributed by atoms with Crippen molar-refractivity contribution in [1.82, 2.24) is 0 Å². The Morgan fingerprint density at radius 3 is 2.17 bits per heavy atom. The highest BCUT2D eigenvalue weighted by Gasteiger charge is 2.37. The Morgan fingerprint density at radius 2 is 1.72 bits per heavy atom. The van der Waals surface area contributed by atoms with Crippen molar-refractivity contribution in [2.75, 3.05) is 0 Å². The van der Waals surface area contributed by atoms with Gasteiger partial charge in [0.15, 0.2) is 0 Å². The summed E-state index contributed by atoms with van der Waals surface area (Å²) in [5.41, 5.74) is 6.49. The molecular weight excluding hydrogens is 290 g/mol. The van der Waals surface area contributed by atoms with Crippen molar-refractivity contribution >= 4 is 21.8 Å². The number of benzene rings is 1. The summed E-state index contributed by atoms with van der Waals surface area (Å²) in [7, 11) is 0. The van der Waals surface area contributed by atoms with Crippen LogP contribution in [0.4, 0.5) is 0 Å².